The molecule has 0 unspecified atom stereocenters. The van der Waals surface area contributed by atoms with Crippen molar-refractivity contribution in [3.8, 4) is 5.75 Å². The standard InChI is InChI=1S/C24H30N2O5/c1-17-4-3-5-21(16-17)31-15-12-25-24(10-13-30-14-11-24)23(29)26-18(2)19-6-8-20(9-7-19)22(27)28/h3-9,16,18,25H,10-15H2,1-2H3,(H,26,29)(H,27,28)/t18-/m0/s1. The molecule has 1 heterocycles. The monoisotopic (exact) mass is 426 g/mol. The van der Waals surface area contributed by atoms with E-state index in [4.69, 9.17) is 14.6 Å². The highest BCUT2D eigenvalue weighted by Gasteiger charge is 2.40. The van der Waals surface area contributed by atoms with E-state index in [1.807, 2.05) is 38.1 Å². The number of carbonyl (C=O) groups excluding carboxylic acids is 1. The molecule has 0 spiro atoms. The van der Waals surface area contributed by atoms with Gasteiger partial charge in [-0.25, -0.2) is 4.79 Å². The highest BCUT2D eigenvalue weighted by Crippen LogP contribution is 2.23. The van der Waals surface area contributed by atoms with Crippen molar-refractivity contribution in [2.24, 2.45) is 0 Å². The highest BCUT2D eigenvalue weighted by atomic mass is 16.5. The van der Waals surface area contributed by atoms with Crippen LogP contribution >= 0.6 is 0 Å². The summed E-state index contributed by atoms with van der Waals surface area (Å²) in [5.41, 5.74) is 1.49. The van der Waals surface area contributed by atoms with Crippen molar-refractivity contribution < 1.29 is 24.2 Å². The molecule has 0 aromatic heterocycles. The van der Waals surface area contributed by atoms with E-state index >= 15 is 0 Å². The fourth-order valence-electron chi connectivity index (χ4n) is 3.70. The van der Waals surface area contributed by atoms with E-state index in [2.05, 4.69) is 10.6 Å². The van der Waals surface area contributed by atoms with Crippen LogP contribution in [0.5, 0.6) is 5.75 Å². The zero-order valence-electron chi connectivity index (χ0n) is 18.0. The van der Waals surface area contributed by atoms with Crippen molar-refractivity contribution in [1.29, 1.82) is 0 Å². The first-order chi connectivity index (χ1) is 14.9. The Labute approximate surface area is 182 Å². The molecule has 2 aromatic rings. The number of carboxylic acids is 1. The van der Waals surface area contributed by atoms with Gasteiger partial charge >= 0.3 is 5.97 Å². The molecule has 7 heteroatoms. The van der Waals surface area contributed by atoms with Gasteiger partial charge in [-0.1, -0.05) is 24.3 Å². The van der Waals surface area contributed by atoms with E-state index in [0.29, 0.717) is 39.2 Å². The molecule has 31 heavy (non-hydrogen) atoms. The fraction of sp³-hybridized carbons (Fsp3) is 0.417. The summed E-state index contributed by atoms with van der Waals surface area (Å²) in [6.45, 7) is 5.92. The number of hydrogen-bond donors (Lipinski definition) is 3. The molecular weight excluding hydrogens is 396 g/mol. The molecule has 0 radical (unpaired) electrons. The summed E-state index contributed by atoms with van der Waals surface area (Å²) in [6.07, 6.45) is 1.15. The van der Waals surface area contributed by atoms with Crippen LogP contribution in [0.3, 0.4) is 0 Å². The Bertz CT molecular complexity index is 891. The predicted octanol–water partition coefficient (Wildman–Crippen LogP) is 3.09. The number of aromatic carboxylic acids is 1. The van der Waals surface area contributed by atoms with E-state index in [-0.39, 0.29) is 17.5 Å². The number of ether oxygens (including phenoxy) is 2. The van der Waals surface area contributed by atoms with E-state index in [1.165, 1.54) is 0 Å². The lowest BCUT2D eigenvalue weighted by molar-refractivity contribution is -0.132. The van der Waals surface area contributed by atoms with Gasteiger partial charge in [0.15, 0.2) is 0 Å². The van der Waals surface area contributed by atoms with E-state index in [1.54, 1.807) is 24.3 Å². The van der Waals surface area contributed by atoms with Gasteiger partial charge in [-0.15, -0.1) is 0 Å². The summed E-state index contributed by atoms with van der Waals surface area (Å²) in [7, 11) is 0. The molecule has 166 valence electrons. The van der Waals surface area contributed by atoms with Crippen LogP contribution < -0.4 is 15.4 Å². The topological polar surface area (TPSA) is 96.9 Å². The smallest absolute Gasteiger partial charge is 0.335 e. The van der Waals surface area contributed by atoms with Gasteiger partial charge in [0.25, 0.3) is 0 Å². The SMILES string of the molecule is Cc1cccc(OCCNC2(C(=O)N[C@@H](C)c3ccc(C(=O)O)cc3)CCOCC2)c1. The summed E-state index contributed by atoms with van der Waals surface area (Å²) in [5.74, 6) is -0.242. The third-order valence-corrected chi connectivity index (χ3v) is 5.61. The van der Waals surface area contributed by atoms with Crippen molar-refractivity contribution in [2.45, 2.75) is 38.3 Å². The van der Waals surface area contributed by atoms with Gasteiger partial charge < -0.3 is 19.9 Å². The van der Waals surface area contributed by atoms with Crippen LogP contribution in [0.25, 0.3) is 0 Å². The molecule has 3 N–H and O–H groups in total. The quantitative estimate of drug-likeness (QED) is 0.533. The fourth-order valence-corrected chi connectivity index (χ4v) is 3.70. The van der Waals surface area contributed by atoms with Crippen molar-refractivity contribution >= 4 is 11.9 Å². The average molecular weight is 427 g/mol. The molecule has 1 aliphatic heterocycles. The van der Waals surface area contributed by atoms with Crippen molar-refractivity contribution in [3.05, 3.63) is 65.2 Å². The van der Waals surface area contributed by atoms with Gasteiger partial charge in [0.2, 0.25) is 5.91 Å². The number of amides is 1. The average Bonchev–Trinajstić information content (AvgIpc) is 2.77. The Morgan fingerprint density at radius 1 is 1.16 bits per heavy atom. The van der Waals surface area contributed by atoms with Crippen LogP contribution in [-0.4, -0.2) is 48.9 Å². The molecule has 2 aromatic carbocycles. The minimum absolute atomic E-state index is 0.0823. The first-order valence-corrected chi connectivity index (χ1v) is 10.6. The Hall–Kier alpha value is -2.90. The summed E-state index contributed by atoms with van der Waals surface area (Å²) < 4.78 is 11.3. The molecule has 0 aliphatic carbocycles. The number of carboxylic acid groups (broad SMARTS) is 1. The molecular formula is C24H30N2O5. The van der Waals surface area contributed by atoms with Gasteiger partial charge in [0.1, 0.15) is 17.9 Å². The molecule has 0 bridgehead atoms. The Balaban J connectivity index is 1.59. The van der Waals surface area contributed by atoms with E-state index in [0.717, 1.165) is 16.9 Å². The Morgan fingerprint density at radius 3 is 2.52 bits per heavy atom. The number of aryl methyl sites for hydroxylation is 1. The van der Waals surface area contributed by atoms with Crippen LogP contribution in [0, 0.1) is 6.92 Å². The van der Waals surface area contributed by atoms with E-state index in [9.17, 15) is 9.59 Å². The summed E-state index contributed by atoms with van der Waals surface area (Å²) >= 11 is 0. The summed E-state index contributed by atoms with van der Waals surface area (Å²) in [5, 5.41) is 15.5. The maximum absolute atomic E-state index is 13.2. The second-order valence-electron chi connectivity index (χ2n) is 7.91. The van der Waals surface area contributed by atoms with Crippen molar-refractivity contribution in [1.82, 2.24) is 10.6 Å². The van der Waals surface area contributed by atoms with Crippen LogP contribution in [0.1, 0.15) is 47.3 Å². The van der Waals surface area contributed by atoms with Gasteiger partial charge in [0, 0.05) is 19.8 Å². The summed E-state index contributed by atoms with van der Waals surface area (Å²) in [6, 6.07) is 14.2. The zero-order chi connectivity index (χ0) is 22.3. The third kappa shape index (κ3) is 6.06. The minimum atomic E-state index is -0.971. The van der Waals surface area contributed by atoms with Gasteiger partial charge in [-0.3, -0.25) is 10.1 Å². The van der Waals surface area contributed by atoms with E-state index < -0.39 is 11.5 Å². The third-order valence-electron chi connectivity index (χ3n) is 5.61. The Morgan fingerprint density at radius 2 is 1.87 bits per heavy atom. The lowest BCUT2D eigenvalue weighted by Gasteiger charge is -2.37. The van der Waals surface area contributed by atoms with Crippen LogP contribution in [0.2, 0.25) is 0 Å². The molecule has 1 aliphatic rings. The number of rotatable bonds is 9. The normalized spacial score (nSPS) is 16.3. The maximum Gasteiger partial charge on any atom is 0.335 e. The lowest BCUT2D eigenvalue weighted by atomic mass is 9.88. The maximum atomic E-state index is 13.2. The first kappa shape index (κ1) is 22.8. The number of carbonyl (C=O) groups is 2. The van der Waals surface area contributed by atoms with Gasteiger partial charge in [-0.05, 0) is 62.1 Å². The number of nitrogens with one attached hydrogen (secondary N) is 2. The second kappa shape index (κ2) is 10.4. The molecule has 7 nitrogen and oxygen atoms in total. The number of hydrogen-bond acceptors (Lipinski definition) is 5. The molecule has 0 saturated carbocycles. The first-order valence-electron chi connectivity index (χ1n) is 10.6. The van der Waals surface area contributed by atoms with Crippen molar-refractivity contribution in [3.63, 3.8) is 0 Å². The highest BCUT2D eigenvalue weighted by molar-refractivity contribution is 5.88. The van der Waals surface area contributed by atoms with Crippen molar-refractivity contribution in [2.75, 3.05) is 26.4 Å². The minimum Gasteiger partial charge on any atom is -0.492 e. The molecule has 1 amide bonds. The molecule has 1 fully saturated rings. The largest absolute Gasteiger partial charge is 0.492 e. The van der Waals surface area contributed by atoms with Crippen LogP contribution in [0.15, 0.2) is 48.5 Å². The lowest BCUT2D eigenvalue weighted by Crippen LogP contribution is -2.60. The molecule has 1 atom stereocenters. The second-order valence-corrected chi connectivity index (χ2v) is 7.91. The van der Waals surface area contributed by atoms with Crippen LogP contribution in [0.4, 0.5) is 0 Å². The summed E-state index contributed by atoms with van der Waals surface area (Å²) in [4.78, 5) is 24.3. The molecule has 3 rings (SSSR count). The number of benzene rings is 2. The predicted molar refractivity (Wildman–Crippen MR) is 117 cm³/mol. The zero-order valence-corrected chi connectivity index (χ0v) is 18.0. The Kier molecular flexibility index (Phi) is 7.65. The van der Waals surface area contributed by atoms with Crippen LogP contribution in [-0.2, 0) is 9.53 Å². The van der Waals surface area contributed by atoms with Gasteiger partial charge in [0.05, 0.1) is 11.6 Å². The van der Waals surface area contributed by atoms with Gasteiger partial charge in [-0.2, -0.15) is 0 Å². The molecule has 1 saturated heterocycles.